The number of piperidine rings is 1. The van der Waals surface area contributed by atoms with Crippen LogP contribution in [-0.2, 0) is 11.2 Å². The number of hydrogen-bond donors (Lipinski definition) is 2. The van der Waals surface area contributed by atoms with Gasteiger partial charge >= 0.3 is 0 Å². The first kappa shape index (κ1) is 12.1. The third kappa shape index (κ3) is 4.19. The first-order chi connectivity index (χ1) is 8.34. The van der Waals surface area contributed by atoms with Gasteiger partial charge < -0.3 is 10.6 Å². The second-order valence-corrected chi connectivity index (χ2v) is 4.60. The maximum absolute atomic E-state index is 11.7. The van der Waals surface area contributed by atoms with E-state index in [1.54, 1.807) is 0 Å². The monoisotopic (exact) mass is 232 g/mol. The Morgan fingerprint density at radius 2 is 2.18 bits per heavy atom. The topological polar surface area (TPSA) is 41.1 Å². The Morgan fingerprint density at radius 3 is 2.88 bits per heavy atom. The molecule has 1 fully saturated rings. The van der Waals surface area contributed by atoms with Crippen molar-refractivity contribution in [2.24, 2.45) is 0 Å². The van der Waals surface area contributed by atoms with E-state index in [0.717, 1.165) is 32.4 Å². The van der Waals surface area contributed by atoms with Gasteiger partial charge in [0.1, 0.15) is 0 Å². The van der Waals surface area contributed by atoms with Crippen molar-refractivity contribution < 1.29 is 4.79 Å². The van der Waals surface area contributed by atoms with Gasteiger partial charge in [-0.05, 0) is 31.4 Å². The molecule has 0 radical (unpaired) electrons. The van der Waals surface area contributed by atoms with Crippen molar-refractivity contribution in [3.63, 3.8) is 0 Å². The zero-order valence-electron chi connectivity index (χ0n) is 10.1. The van der Waals surface area contributed by atoms with Gasteiger partial charge in [-0.1, -0.05) is 30.3 Å². The summed E-state index contributed by atoms with van der Waals surface area (Å²) < 4.78 is 0. The number of nitrogens with one attached hydrogen (secondary N) is 2. The number of amides is 1. The number of carbonyl (C=O) groups excluding carboxylic acids is 1. The van der Waals surface area contributed by atoms with Gasteiger partial charge in [0.25, 0.3) is 0 Å². The quantitative estimate of drug-likeness (QED) is 0.825. The summed E-state index contributed by atoms with van der Waals surface area (Å²) in [5, 5.41) is 6.39. The van der Waals surface area contributed by atoms with Crippen LogP contribution in [0.1, 0.15) is 24.8 Å². The smallest absolute Gasteiger partial charge is 0.220 e. The Kier molecular flexibility index (Phi) is 4.56. The average molecular weight is 232 g/mol. The molecule has 1 saturated heterocycles. The van der Waals surface area contributed by atoms with Crippen LogP contribution >= 0.6 is 0 Å². The van der Waals surface area contributed by atoms with Crippen LogP contribution in [-0.4, -0.2) is 25.0 Å². The van der Waals surface area contributed by atoms with Crippen LogP contribution in [0.25, 0.3) is 0 Å². The summed E-state index contributed by atoms with van der Waals surface area (Å²) in [7, 11) is 0. The lowest BCUT2D eigenvalue weighted by Crippen LogP contribution is -2.45. The average Bonchev–Trinajstić information content (AvgIpc) is 2.39. The van der Waals surface area contributed by atoms with Crippen LogP contribution in [0.5, 0.6) is 0 Å². The lowest BCUT2D eigenvalue weighted by atomic mass is 10.1. The molecule has 1 aromatic carbocycles. The van der Waals surface area contributed by atoms with Crippen molar-refractivity contribution in [3.8, 4) is 0 Å². The van der Waals surface area contributed by atoms with E-state index >= 15 is 0 Å². The van der Waals surface area contributed by atoms with Crippen molar-refractivity contribution in [2.45, 2.75) is 31.7 Å². The second kappa shape index (κ2) is 6.40. The van der Waals surface area contributed by atoms with Crippen molar-refractivity contribution in [3.05, 3.63) is 35.9 Å². The zero-order chi connectivity index (χ0) is 11.9. The highest BCUT2D eigenvalue weighted by atomic mass is 16.1. The van der Waals surface area contributed by atoms with Crippen molar-refractivity contribution >= 4 is 5.91 Å². The molecule has 1 amide bonds. The van der Waals surface area contributed by atoms with Crippen LogP contribution in [0.15, 0.2) is 30.3 Å². The summed E-state index contributed by atoms with van der Waals surface area (Å²) in [5.41, 5.74) is 1.23. The molecule has 92 valence electrons. The maximum Gasteiger partial charge on any atom is 0.220 e. The predicted molar refractivity (Wildman–Crippen MR) is 68.8 cm³/mol. The second-order valence-electron chi connectivity index (χ2n) is 4.60. The van der Waals surface area contributed by atoms with Crippen molar-refractivity contribution in [1.29, 1.82) is 0 Å². The highest BCUT2D eigenvalue weighted by molar-refractivity contribution is 5.76. The molecule has 2 rings (SSSR count). The fourth-order valence-corrected chi connectivity index (χ4v) is 2.18. The summed E-state index contributed by atoms with van der Waals surface area (Å²) in [6.07, 6.45) is 3.67. The Balaban J connectivity index is 1.70. The standard InChI is InChI=1S/C14H20N2O/c17-14(16-13-7-4-10-15-11-13)9-8-12-5-2-1-3-6-12/h1-3,5-6,13,15H,4,7-11H2,(H,16,17)/t13-/m0/s1. The Morgan fingerprint density at radius 1 is 1.35 bits per heavy atom. The van der Waals surface area contributed by atoms with E-state index in [9.17, 15) is 4.79 Å². The minimum absolute atomic E-state index is 0.169. The molecule has 1 aliphatic rings. The predicted octanol–water partition coefficient (Wildman–Crippen LogP) is 1.49. The number of aryl methyl sites for hydroxylation is 1. The Hall–Kier alpha value is -1.35. The van der Waals surface area contributed by atoms with Gasteiger partial charge in [0.15, 0.2) is 0 Å². The van der Waals surface area contributed by atoms with Crippen LogP contribution < -0.4 is 10.6 Å². The molecule has 0 saturated carbocycles. The molecule has 0 bridgehead atoms. The van der Waals surface area contributed by atoms with Gasteiger partial charge in [-0.3, -0.25) is 4.79 Å². The summed E-state index contributed by atoms with van der Waals surface area (Å²) >= 11 is 0. The van der Waals surface area contributed by atoms with Crippen molar-refractivity contribution in [1.82, 2.24) is 10.6 Å². The molecule has 0 aliphatic carbocycles. The first-order valence-corrected chi connectivity index (χ1v) is 6.38. The molecule has 3 heteroatoms. The molecule has 2 N–H and O–H groups in total. The van der Waals surface area contributed by atoms with E-state index in [1.165, 1.54) is 5.56 Å². The van der Waals surface area contributed by atoms with Gasteiger partial charge in [0.05, 0.1) is 0 Å². The fourth-order valence-electron chi connectivity index (χ4n) is 2.18. The van der Waals surface area contributed by atoms with E-state index in [4.69, 9.17) is 0 Å². The summed E-state index contributed by atoms with van der Waals surface area (Å²) in [4.78, 5) is 11.7. The van der Waals surface area contributed by atoms with E-state index in [-0.39, 0.29) is 5.91 Å². The molecule has 0 unspecified atom stereocenters. The van der Waals surface area contributed by atoms with Crippen molar-refractivity contribution in [2.75, 3.05) is 13.1 Å². The first-order valence-electron chi connectivity index (χ1n) is 6.38. The van der Waals surface area contributed by atoms with E-state index in [1.807, 2.05) is 18.2 Å². The minimum atomic E-state index is 0.169. The number of carbonyl (C=O) groups is 1. The molecule has 1 aromatic rings. The van der Waals surface area contributed by atoms with Crippen LogP contribution in [0, 0.1) is 0 Å². The fraction of sp³-hybridized carbons (Fsp3) is 0.500. The SMILES string of the molecule is O=C(CCc1ccccc1)N[C@H]1CCCNC1. The molecule has 1 heterocycles. The number of rotatable bonds is 4. The largest absolute Gasteiger partial charge is 0.352 e. The summed E-state index contributed by atoms with van der Waals surface area (Å²) in [5.74, 6) is 0.169. The molecule has 17 heavy (non-hydrogen) atoms. The van der Waals surface area contributed by atoms with Gasteiger partial charge in [-0.25, -0.2) is 0 Å². The van der Waals surface area contributed by atoms with Gasteiger partial charge in [0, 0.05) is 19.0 Å². The van der Waals surface area contributed by atoms with E-state index in [2.05, 4.69) is 22.8 Å². The van der Waals surface area contributed by atoms with Gasteiger partial charge in [-0.15, -0.1) is 0 Å². The molecule has 0 spiro atoms. The van der Waals surface area contributed by atoms with Crippen LogP contribution in [0.3, 0.4) is 0 Å². The third-order valence-corrected chi connectivity index (χ3v) is 3.15. The van der Waals surface area contributed by atoms with E-state index in [0.29, 0.717) is 12.5 Å². The molecular weight excluding hydrogens is 212 g/mol. The maximum atomic E-state index is 11.7. The summed E-state index contributed by atoms with van der Waals surface area (Å²) in [6.45, 7) is 1.99. The Labute approximate surface area is 103 Å². The highest BCUT2D eigenvalue weighted by Crippen LogP contribution is 2.04. The molecular formula is C14H20N2O. The number of benzene rings is 1. The molecule has 3 nitrogen and oxygen atoms in total. The highest BCUT2D eigenvalue weighted by Gasteiger charge is 2.14. The lowest BCUT2D eigenvalue weighted by Gasteiger charge is -2.23. The molecule has 1 aliphatic heterocycles. The van der Waals surface area contributed by atoms with Crippen LogP contribution in [0.2, 0.25) is 0 Å². The van der Waals surface area contributed by atoms with Crippen LogP contribution in [0.4, 0.5) is 0 Å². The van der Waals surface area contributed by atoms with Gasteiger partial charge in [0.2, 0.25) is 5.91 Å². The van der Waals surface area contributed by atoms with E-state index < -0.39 is 0 Å². The third-order valence-electron chi connectivity index (χ3n) is 3.15. The lowest BCUT2D eigenvalue weighted by molar-refractivity contribution is -0.121. The molecule has 0 aromatic heterocycles. The Bertz CT molecular complexity index is 344. The number of hydrogen-bond acceptors (Lipinski definition) is 2. The zero-order valence-corrected chi connectivity index (χ0v) is 10.1. The summed E-state index contributed by atoms with van der Waals surface area (Å²) in [6, 6.07) is 10.5. The molecule has 1 atom stereocenters. The van der Waals surface area contributed by atoms with Gasteiger partial charge in [-0.2, -0.15) is 0 Å². The normalized spacial score (nSPS) is 19.9. The minimum Gasteiger partial charge on any atom is -0.352 e.